The number of amides is 1. The molecule has 0 aromatic heterocycles. The molecule has 4 heteroatoms. The molecule has 0 aliphatic rings. The minimum atomic E-state index is -0.419. The van der Waals surface area contributed by atoms with E-state index in [2.05, 4.69) is 21.2 Å². The summed E-state index contributed by atoms with van der Waals surface area (Å²) in [5, 5.41) is 2.56. The van der Waals surface area contributed by atoms with E-state index in [1.165, 1.54) is 0 Å². The summed E-state index contributed by atoms with van der Waals surface area (Å²) in [6.07, 6.45) is -0.419. The maximum Gasteiger partial charge on any atom is 0.412 e. The van der Waals surface area contributed by atoms with Crippen molar-refractivity contribution in [2.75, 3.05) is 6.54 Å². The van der Waals surface area contributed by atoms with Crippen LogP contribution in [0.2, 0.25) is 0 Å². The van der Waals surface area contributed by atoms with Gasteiger partial charge < -0.3 is 10.1 Å². The molecular weight excluding hydrogens is 246 g/mol. The monoisotopic (exact) mass is 257 g/mol. The Balaban J connectivity index is 2.72. The molecule has 1 aromatic carbocycles. The molecule has 3 nitrogen and oxygen atoms in total. The Bertz CT molecular complexity index is 339. The Morgan fingerprint density at radius 3 is 2.86 bits per heavy atom. The number of benzene rings is 1. The minimum Gasteiger partial charge on any atom is -0.410 e. The smallest absolute Gasteiger partial charge is 0.410 e. The molecule has 76 valence electrons. The summed E-state index contributed by atoms with van der Waals surface area (Å²) in [6.45, 7) is 4.30. The van der Waals surface area contributed by atoms with E-state index < -0.39 is 6.09 Å². The van der Waals surface area contributed by atoms with Crippen LogP contribution in [0.15, 0.2) is 22.7 Å². The minimum absolute atomic E-state index is 0.419. The Morgan fingerprint density at radius 1 is 1.57 bits per heavy atom. The van der Waals surface area contributed by atoms with Crippen molar-refractivity contribution in [1.82, 2.24) is 5.32 Å². The standard InChI is InChI=1S/C10H12BrNO2/c1-3-12-10(13)14-9-5-4-8(11)6-7(9)2/h4-6H,3H2,1-2H3,(H,12,13). The lowest BCUT2D eigenvalue weighted by Crippen LogP contribution is -2.26. The van der Waals surface area contributed by atoms with Crippen LogP contribution in [-0.4, -0.2) is 12.6 Å². The van der Waals surface area contributed by atoms with Crippen LogP contribution in [0.1, 0.15) is 12.5 Å². The quantitative estimate of drug-likeness (QED) is 0.885. The summed E-state index contributed by atoms with van der Waals surface area (Å²) in [7, 11) is 0. The van der Waals surface area contributed by atoms with Gasteiger partial charge >= 0.3 is 6.09 Å². The molecule has 0 aliphatic heterocycles. The first-order valence-corrected chi connectivity index (χ1v) is 5.14. The normalized spacial score (nSPS) is 9.64. The fourth-order valence-corrected chi connectivity index (χ4v) is 1.48. The fraction of sp³-hybridized carbons (Fsp3) is 0.300. The van der Waals surface area contributed by atoms with E-state index >= 15 is 0 Å². The van der Waals surface area contributed by atoms with Gasteiger partial charge in [-0.15, -0.1) is 0 Å². The van der Waals surface area contributed by atoms with Gasteiger partial charge in [-0.2, -0.15) is 0 Å². The third kappa shape index (κ3) is 3.03. The molecule has 0 heterocycles. The van der Waals surface area contributed by atoms with E-state index in [1.807, 2.05) is 26.0 Å². The van der Waals surface area contributed by atoms with E-state index in [0.29, 0.717) is 12.3 Å². The number of halogens is 1. The zero-order chi connectivity index (χ0) is 10.6. The number of carbonyl (C=O) groups is 1. The summed E-state index contributed by atoms with van der Waals surface area (Å²) in [6, 6.07) is 5.49. The molecule has 0 bridgehead atoms. The largest absolute Gasteiger partial charge is 0.412 e. The van der Waals surface area contributed by atoms with Gasteiger partial charge in [0.25, 0.3) is 0 Å². The zero-order valence-corrected chi connectivity index (χ0v) is 9.72. The highest BCUT2D eigenvalue weighted by molar-refractivity contribution is 9.10. The van der Waals surface area contributed by atoms with Crippen LogP contribution < -0.4 is 10.1 Å². The van der Waals surface area contributed by atoms with Crippen molar-refractivity contribution in [2.45, 2.75) is 13.8 Å². The van der Waals surface area contributed by atoms with E-state index in [1.54, 1.807) is 6.07 Å². The number of hydrogen-bond acceptors (Lipinski definition) is 2. The van der Waals surface area contributed by atoms with Crippen molar-refractivity contribution in [2.24, 2.45) is 0 Å². The molecule has 0 spiro atoms. The highest BCUT2D eigenvalue weighted by Crippen LogP contribution is 2.22. The molecule has 1 rings (SSSR count). The number of hydrogen-bond donors (Lipinski definition) is 1. The molecule has 0 fully saturated rings. The van der Waals surface area contributed by atoms with Crippen LogP contribution >= 0.6 is 15.9 Å². The van der Waals surface area contributed by atoms with Crippen molar-refractivity contribution in [1.29, 1.82) is 0 Å². The second-order valence-electron chi connectivity index (χ2n) is 2.83. The van der Waals surface area contributed by atoms with Gasteiger partial charge in [-0.1, -0.05) is 15.9 Å². The van der Waals surface area contributed by atoms with E-state index in [-0.39, 0.29) is 0 Å². The molecule has 1 aromatic rings. The highest BCUT2D eigenvalue weighted by atomic mass is 79.9. The SMILES string of the molecule is CCNC(=O)Oc1ccc(Br)cc1C. The van der Waals surface area contributed by atoms with Gasteiger partial charge in [0.1, 0.15) is 5.75 Å². The maximum absolute atomic E-state index is 11.1. The van der Waals surface area contributed by atoms with Gasteiger partial charge in [-0.3, -0.25) is 0 Å². The number of rotatable bonds is 2. The number of ether oxygens (including phenoxy) is 1. The number of nitrogens with one attached hydrogen (secondary N) is 1. The lowest BCUT2D eigenvalue weighted by atomic mass is 10.2. The molecule has 0 aliphatic carbocycles. The summed E-state index contributed by atoms with van der Waals surface area (Å²) < 4.78 is 6.04. The Morgan fingerprint density at radius 2 is 2.29 bits per heavy atom. The predicted octanol–water partition coefficient (Wildman–Crippen LogP) is 2.87. The molecule has 1 amide bonds. The molecule has 1 N–H and O–H groups in total. The summed E-state index contributed by atoms with van der Waals surface area (Å²) in [5.41, 5.74) is 0.922. The van der Waals surface area contributed by atoms with Crippen molar-refractivity contribution >= 4 is 22.0 Å². The average molecular weight is 258 g/mol. The average Bonchev–Trinajstić information content (AvgIpc) is 2.10. The van der Waals surface area contributed by atoms with Crippen LogP contribution in [0.25, 0.3) is 0 Å². The van der Waals surface area contributed by atoms with E-state index in [4.69, 9.17) is 4.74 Å². The predicted molar refractivity (Wildman–Crippen MR) is 58.6 cm³/mol. The molecule has 0 unspecified atom stereocenters. The highest BCUT2D eigenvalue weighted by Gasteiger charge is 2.05. The number of aryl methyl sites for hydroxylation is 1. The van der Waals surface area contributed by atoms with Crippen LogP contribution in [-0.2, 0) is 0 Å². The molecule has 0 saturated heterocycles. The Labute approximate surface area is 91.6 Å². The molecule has 0 saturated carbocycles. The zero-order valence-electron chi connectivity index (χ0n) is 8.13. The molecular formula is C10H12BrNO2. The van der Waals surface area contributed by atoms with Crippen molar-refractivity contribution < 1.29 is 9.53 Å². The van der Waals surface area contributed by atoms with Gasteiger partial charge in [0.15, 0.2) is 0 Å². The van der Waals surface area contributed by atoms with Gasteiger partial charge in [0, 0.05) is 11.0 Å². The van der Waals surface area contributed by atoms with Gasteiger partial charge in [0.05, 0.1) is 0 Å². The summed E-state index contributed by atoms with van der Waals surface area (Å²) >= 11 is 3.34. The van der Waals surface area contributed by atoms with Crippen molar-refractivity contribution in [3.05, 3.63) is 28.2 Å². The van der Waals surface area contributed by atoms with Gasteiger partial charge in [0.2, 0.25) is 0 Å². The molecule has 0 atom stereocenters. The van der Waals surface area contributed by atoms with Crippen LogP contribution in [0, 0.1) is 6.92 Å². The Kier molecular flexibility index (Phi) is 3.95. The lowest BCUT2D eigenvalue weighted by Gasteiger charge is -2.07. The summed E-state index contributed by atoms with van der Waals surface area (Å²) in [5.74, 6) is 0.583. The third-order valence-corrected chi connectivity index (χ3v) is 2.15. The van der Waals surface area contributed by atoms with Crippen molar-refractivity contribution in [3.63, 3.8) is 0 Å². The van der Waals surface area contributed by atoms with Crippen LogP contribution in [0.5, 0.6) is 5.75 Å². The maximum atomic E-state index is 11.1. The van der Waals surface area contributed by atoms with Crippen molar-refractivity contribution in [3.8, 4) is 5.75 Å². The third-order valence-electron chi connectivity index (χ3n) is 1.66. The van der Waals surface area contributed by atoms with Crippen LogP contribution in [0.4, 0.5) is 4.79 Å². The number of carbonyl (C=O) groups excluding carboxylic acids is 1. The topological polar surface area (TPSA) is 38.3 Å². The summed E-state index contributed by atoms with van der Waals surface area (Å²) in [4.78, 5) is 11.1. The van der Waals surface area contributed by atoms with Gasteiger partial charge in [-0.05, 0) is 37.6 Å². The van der Waals surface area contributed by atoms with Gasteiger partial charge in [-0.25, -0.2) is 4.79 Å². The van der Waals surface area contributed by atoms with E-state index in [9.17, 15) is 4.79 Å². The second-order valence-corrected chi connectivity index (χ2v) is 3.75. The fourth-order valence-electron chi connectivity index (χ4n) is 1.01. The lowest BCUT2D eigenvalue weighted by molar-refractivity contribution is 0.201. The molecule has 0 radical (unpaired) electrons. The Hall–Kier alpha value is -1.03. The first kappa shape index (κ1) is 11.0. The first-order valence-electron chi connectivity index (χ1n) is 4.35. The van der Waals surface area contributed by atoms with Crippen LogP contribution in [0.3, 0.4) is 0 Å². The van der Waals surface area contributed by atoms with E-state index in [0.717, 1.165) is 10.0 Å². The first-order chi connectivity index (χ1) is 6.63. The second kappa shape index (κ2) is 5.00. The molecule has 14 heavy (non-hydrogen) atoms.